The van der Waals surface area contributed by atoms with Crippen molar-refractivity contribution >= 4 is 46.0 Å². The fourth-order valence-corrected chi connectivity index (χ4v) is 3.33. The van der Waals surface area contributed by atoms with E-state index < -0.39 is 0 Å². The average Bonchev–Trinajstić information content (AvgIpc) is 2.76. The number of benzene rings is 3. The van der Waals surface area contributed by atoms with Crippen LogP contribution in [0.5, 0.6) is 0 Å². The fourth-order valence-electron chi connectivity index (χ4n) is 3.17. The second-order valence-corrected chi connectivity index (χ2v) is 7.21. The van der Waals surface area contributed by atoms with Crippen LogP contribution in [0.15, 0.2) is 78.9 Å². The van der Waals surface area contributed by atoms with Crippen LogP contribution in [0, 0.1) is 10.1 Å². The summed E-state index contributed by atoms with van der Waals surface area (Å²) in [5.74, 6) is 0. The molecule has 6 heteroatoms. The molecule has 0 amide bonds. The maximum Gasteiger partial charge on any atom is 0.274 e. The van der Waals surface area contributed by atoms with Gasteiger partial charge in [-0.15, -0.1) is 0 Å². The molecule has 0 saturated heterocycles. The number of hydrogen-bond donors (Lipinski definition) is 1. The molecule has 148 valence electrons. The highest BCUT2D eigenvalue weighted by Gasteiger charge is 2.11. The minimum absolute atomic E-state index is 0.114. The molecule has 4 rings (SSSR count). The van der Waals surface area contributed by atoms with Crippen LogP contribution in [-0.4, -0.2) is 9.91 Å². The van der Waals surface area contributed by atoms with E-state index in [0.29, 0.717) is 17.1 Å². The van der Waals surface area contributed by atoms with Gasteiger partial charge >= 0.3 is 0 Å². The number of pyridine rings is 1. The van der Waals surface area contributed by atoms with E-state index in [1.807, 2.05) is 66.7 Å². The number of anilines is 1. The molecule has 0 unspecified atom stereocenters. The molecular formula is C24H18ClN3O2. The van der Waals surface area contributed by atoms with Crippen LogP contribution in [0.3, 0.4) is 0 Å². The molecule has 0 saturated carbocycles. The van der Waals surface area contributed by atoms with Crippen LogP contribution in [-0.2, 0) is 6.54 Å². The molecule has 30 heavy (non-hydrogen) atoms. The van der Waals surface area contributed by atoms with Crippen LogP contribution in [0.25, 0.3) is 23.1 Å². The molecule has 1 N–H and O–H groups in total. The highest BCUT2D eigenvalue weighted by atomic mass is 35.5. The molecule has 0 fully saturated rings. The lowest BCUT2D eigenvalue weighted by Crippen LogP contribution is -2.03. The summed E-state index contributed by atoms with van der Waals surface area (Å²) in [5.41, 5.74) is 4.32. The van der Waals surface area contributed by atoms with Gasteiger partial charge in [0, 0.05) is 34.3 Å². The molecule has 0 atom stereocenters. The Kier molecular flexibility index (Phi) is 5.72. The predicted molar refractivity (Wildman–Crippen MR) is 123 cm³/mol. The van der Waals surface area contributed by atoms with Crippen molar-refractivity contribution in [2.75, 3.05) is 5.32 Å². The minimum Gasteiger partial charge on any atom is -0.381 e. The van der Waals surface area contributed by atoms with E-state index in [-0.39, 0.29) is 10.6 Å². The lowest BCUT2D eigenvalue weighted by atomic mass is 10.1. The Morgan fingerprint density at radius 1 is 0.967 bits per heavy atom. The topological polar surface area (TPSA) is 68.1 Å². The SMILES string of the molecule is O=[N+]([O-])c1ccccc1CNc1cccc(/C=C/c2ccc3ccc(Cl)cc3n2)c1. The van der Waals surface area contributed by atoms with Crippen LogP contribution < -0.4 is 5.32 Å². The second kappa shape index (κ2) is 8.76. The molecule has 0 spiro atoms. The van der Waals surface area contributed by atoms with E-state index in [2.05, 4.69) is 10.3 Å². The van der Waals surface area contributed by atoms with Crippen molar-refractivity contribution in [2.24, 2.45) is 0 Å². The van der Waals surface area contributed by atoms with Gasteiger partial charge in [-0.1, -0.05) is 60.1 Å². The van der Waals surface area contributed by atoms with Crippen LogP contribution in [0.1, 0.15) is 16.8 Å². The van der Waals surface area contributed by atoms with Crippen molar-refractivity contribution in [1.29, 1.82) is 0 Å². The molecule has 0 aliphatic rings. The van der Waals surface area contributed by atoms with Crippen molar-refractivity contribution in [3.05, 3.63) is 111 Å². The van der Waals surface area contributed by atoms with Crippen LogP contribution >= 0.6 is 11.6 Å². The van der Waals surface area contributed by atoms with Crippen LogP contribution in [0.4, 0.5) is 11.4 Å². The van der Waals surface area contributed by atoms with E-state index >= 15 is 0 Å². The zero-order valence-corrected chi connectivity index (χ0v) is 16.7. The zero-order valence-electron chi connectivity index (χ0n) is 16.0. The monoisotopic (exact) mass is 415 g/mol. The van der Waals surface area contributed by atoms with Gasteiger partial charge in [0.25, 0.3) is 5.69 Å². The number of fused-ring (bicyclic) bond motifs is 1. The molecule has 4 aromatic rings. The number of halogens is 1. The number of nitro benzene ring substituents is 1. The van der Waals surface area contributed by atoms with Gasteiger partial charge < -0.3 is 5.32 Å². The molecular weight excluding hydrogens is 398 g/mol. The van der Waals surface area contributed by atoms with Crippen molar-refractivity contribution in [3.8, 4) is 0 Å². The third kappa shape index (κ3) is 4.64. The number of nitrogens with one attached hydrogen (secondary N) is 1. The van der Waals surface area contributed by atoms with E-state index in [1.165, 1.54) is 6.07 Å². The molecule has 0 radical (unpaired) electrons. The standard InChI is InChI=1S/C24H18ClN3O2/c25-20-11-9-18-10-13-21(27-23(18)15-20)12-8-17-4-3-6-22(14-17)26-16-19-5-1-2-7-24(19)28(29)30/h1-15,26H,16H2/b12-8+. The number of nitro groups is 1. The molecule has 1 aromatic heterocycles. The van der Waals surface area contributed by atoms with Gasteiger partial charge in [-0.25, -0.2) is 4.98 Å². The van der Waals surface area contributed by atoms with E-state index in [1.54, 1.807) is 18.2 Å². The first-order valence-electron chi connectivity index (χ1n) is 9.39. The Labute approximate surface area is 178 Å². The first-order valence-corrected chi connectivity index (χ1v) is 9.77. The summed E-state index contributed by atoms with van der Waals surface area (Å²) in [7, 11) is 0. The number of rotatable bonds is 6. The van der Waals surface area contributed by atoms with Gasteiger partial charge in [0.1, 0.15) is 0 Å². The predicted octanol–water partition coefficient (Wildman–Crippen LogP) is 6.58. The first kappa shape index (κ1) is 19.6. The Morgan fingerprint density at radius 3 is 2.67 bits per heavy atom. The van der Waals surface area contributed by atoms with Gasteiger partial charge in [-0.05, 0) is 42.0 Å². The molecule has 0 bridgehead atoms. The molecule has 0 aliphatic heterocycles. The number of nitrogens with zero attached hydrogens (tertiary/aromatic N) is 2. The molecule has 3 aromatic carbocycles. The third-order valence-corrected chi connectivity index (χ3v) is 4.92. The Morgan fingerprint density at radius 2 is 1.80 bits per heavy atom. The van der Waals surface area contributed by atoms with Crippen molar-refractivity contribution in [3.63, 3.8) is 0 Å². The Hall–Kier alpha value is -3.70. The lowest BCUT2D eigenvalue weighted by Gasteiger charge is -2.08. The number of para-hydroxylation sites is 1. The molecule has 5 nitrogen and oxygen atoms in total. The maximum absolute atomic E-state index is 11.2. The van der Waals surface area contributed by atoms with Gasteiger partial charge in [0.15, 0.2) is 0 Å². The molecule has 0 aliphatic carbocycles. The van der Waals surface area contributed by atoms with E-state index in [4.69, 9.17) is 11.6 Å². The summed E-state index contributed by atoms with van der Waals surface area (Å²) < 4.78 is 0. The van der Waals surface area contributed by atoms with E-state index in [9.17, 15) is 10.1 Å². The van der Waals surface area contributed by atoms with Gasteiger partial charge in [-0.3, -0.25) is 10.1 Å². The van der Waals surface area contributed by atoms with Crippen molar-refractivity contribution in [2.45, 2.75) is 6.54 Å². The summed E-state index contributed by atoms with van der Waals surface area (Å²) in [5, 5.41) is 16.1. The van der Waals surface area contributed by atoms with Crippen molar-refractivity contribution < 1.29 is 4.92 Å². The Balaban J connectivity index is 1.49. The van der Waals surface area contributed by atoms with Crippen molar-refractivity contribution in [1.82, 2.24) is 4.98 Å². The van der Waals surface area contributed by atoms with Crippen LogP contribution in [0.2, 0.25) is 5.02 Å². The summed E-state index contributed by atoms with van der Waals surface area (Å²) in [4.78, 5) is 15.4. The quantitative estimate of drug-likeness (QED) is 0.285. The lowest BCUT2D eigenvalue weighted by molar-refractivity contribution is -0.385. The third-order valence-electron chi connectivity index (χ3n) is 4.68. The largest absolute Gasteiger partial charge is 0.381 e. The first-order chi connectivity index (χ1) is 14.6. The number of aromatic nitrogens is 1. The number of hydrogen-bond acceptors (Lipinski definition) is 4. The van der Waals surface area contributed by atoms with Gasteiger partial charge in [0.2, 0.25) is 0 Å². The average molecular weight is 416 g/mol. The second-order valence-electron chi connectivity index (χ2n) is 6.77. The van der Waals surface area contributed by atoms with Gasteiger partial charge in [0.05, 0.1) is 16.1 Å². The summed E-state index contributed by atoms with van der Waals surface area (Å²) in [6, 6.07) is 24.2. The highest BCUT2D eigenvalue weighted by Crippen LogP contribution is 2.21. The Bertz CT molecular complexity index is 1250. The fraction of sp³-hybridized carbons (Fsp3) is 0.0417. The zero-order chi connectivity index (χ0) is 20.9. The smallest absolute Gasteiger partial charge is 0.274 e. The molecule has 1 heterocycles. The summed E-state index contributed by atoms with van der Waals surface area (Å²) in [6.45, 7) is 0.372. The summed E-state index contributed by atoms with van der Waals surface area (Å²) >= 11 is 6.06. The normalized spacial score (nSPS) is 11.1. The highest BCUT2D eigenvalue weighted by molar-refractivity contribution is 6.31. The van der Waals surface area contributed by atoms with Gasteiger partial charge in [-0.2, -0.15) is 0 Å². The maximum atomic E-state index is 11.2. The minimum atomic E-state index is -0.361. The summed E-state index contributed by atoms with van der Waals surface area (Å²) in [6.07, 6.45) is 3.93. The van der Waals surface area contributed by atoms with E-state index in [0.717, 1.165) is 27.8 Å².